The molecular weight excluding hydrogens is 278 g/mol. The summed E-state index contributed by atoms with van der Waals surface area (Å²) in [4.78, 5) is 23.6. The molecule has 5 heteroatoms. The molecule has 1 aromatic rings. The Hall–Kier alpha value is -2.17. The van der Waals surface area contributed by atoms with Crippen LogP contribution in [0.2, 0.25) is 0 Å². The predicted octanol–water partition coefficient (Wildman–Crippen LogP) is 2.07. The average Bonchev–Trinajstić information content (AvgIpc) is 2.60. The molecule has 1 saturated carbocycles. The Morgan fingerprint density at radius 1 is 1.09 bits per heavy atom. The number of nitrogens with one attached hydrogen (secondary N) is 2. The third kappa shape index (κ3) is 2.03. The van der Waals surface area contributed by atoms with Gasteiger partial charge in [0.05, 0.1) is 5.71 Å². The minimum atomic E-state index is 0.0400. The fourth-order valence-corrected chi connectivity index (χ4v) is 3.54. The van der Waals surface area contributed by atoms with Crippen molar-refractivity contribution in [2.24, 2.45) is 22.9 Å². The summed E-state index contributed by atoms with van der Waals surface area (Å²) in [6, 6.07) is 6.09. The molecule has 0 bridgehead atoms. The fourth-order valence-electron chi connectivity index (χ4n) is 3.54. The number of benzene rings is 1. The van der Waals surface area contributed by atoms with Crippen LogP contribution < -0.4 is 10.7 Å². The number of rotatable bonds is 1. The third-order valence-corrected chi connectivity index (χ3v) is 5.20. The minimum Gasteiger partial charge on any atom is -0.326 e. The Morgan fingerprint density at radius 2 is 1.91 bits per heavy atom. The summed E-state index contributed by atoms with van der Waals surface area (Å²) >= 11 is 0. The maximum atomic E-state index is 11.9. The van der Waals surface area contributed by atoms with E-state index in [2.05, 4.69) is 21.9 Å². The van der Waals surface area contributed by atoms with Crippen molar-refractivity contribution in [2.75, 3.05) is 5.32 Å². The molecule has 3 atom stereocenters. The average molecular weight is 297 g/mol. The predicted molar refractivity (Wildman–Crippen MR) is 83.5 cm³/mol. The molecule has 2 amide bonds. The number of amides is 2. The van der Waals surface area contributed by atoms with Gasteiger partial charge < -0.3 is 5.32 Å². The molecule has 4 rings (SSSR count). The first kappa shape index (κ1) is 13.5. The van der Waals surface area contributed by atoms with Crippen LogP contribution in [0.5, 0.6) is 0 Å². The molecule has 1 aromatic carbocycles. The van der Waals surface area contributed by atoms with Crippen molar-refractivity contribution in [3.63, 3.8) is 0 Å². The van der Waals surface area contributed by atoms with E-state index in [4.69, 9.17) is 0 Å². The van der Waals surface area contributed by atoms with Crippen LogP contribution in [0.25, 0.3) is 0 Å². The number of fused-ring (bicyclic) bond motifs is 2. The zero-order valence-corrected chi connectivity index (χ0v) is 12.6. The van der Waals surface area contributed by atoms with Crippen molar-refractivity contribution in [2.45, 2.75) is 32.6 Å². The Balaban J connectivity index is 1.68. The molecule has 114 valence electrons. The van der Waals surface area contributed by atoms with E-state index in [-0.39, 0.29) is 29.6 Å². The van der Waals surface area contributed by atoms with Gasteiger partial charge in [0.2, 0.25) is 11.8 Å². The third-order valence-electron chi connectivity index (χ3n) is 5.20. The van der Waals surface area contributed by atoms with Gasteiger partial charge >= 0.3 is 0 Å². The zero-order chi connectivity index (χ0) is 15.3. The lowest BCUT2D eigenvalue weighted by Gasteiger charge is -2.38. The van der Waals surface area contributed by atoms with Crippen LogP contribution in [0.1, 0.15) is 37.3 Å². The SMILES string of the molecule is CC1CCc2cc(C3=NNC(=O)C4CCC34)ccc2NC1=O. The Labute approximate surface area is 129 Å². The number of nitrogens with zero attached hydrogens (tertiary/aromatic N) is 1. The summed E-state index contributed by atoms with van der Waals surface area (Å²) < 4.78 is 0. The van der Waals surface area contributed by atoms with Gasteiger partial charge in [-0.15, -0.1) is 0 Å². The summed E-state index contributed by atoms with van der Waals surface area (Å²) in [5, 5.41) is 7.29. The molecule has 3 unspecified atom stereocenters. The molecule has 22 heavy (non-hydrogen) atoms. The lowest BCUT2D eigenvalue weighted by atomic mass is 9.68. The zero-order valence-electron chi connectivity index (χ0n) is 12.6. The molecule has 0 radical (unpaired) electrons. The monoisotopic (exact) mass is 297 g/mol. The van der Waals surface area contributed by atoms with Gasteiger partial charge in [-0.25, -0.2) is 5.43 Å². The van der Waals surface area contributed by atoms with Crippen LogP contribution in [-0.2, 0) is 16.0 Å². The van der Waals surface area contributed by atoms with E-state index >= 15 is 0 Å². The number of carbonyl (C=O) groups excluding carboxylic acids is 2. The number of aryl methyl sites for hydroxylation is 1. The van der Waals surface area contributed by atoms with Crippen LogP contribution in [0, 0.1) is 17.8 Å². The van der Waals surface area contributed by atoms with Gasteiger partial charge in [0.25, 0.3) is 0 Å². The molecule has 3 aliphatic rings. The standard InChI is InChI=1S/C17H19N3O2/c1-9-2-3-10-8-11(4-7-14(10)18-16(9)21)15-12-5-6-13(12)17(22)20-19-15/h4,7-9,12-13H,2-3,5-6H2,1H3,(H,18,21)(H,20,22). The molecule has 2 heterocycles. The minimum absolute atomic E-state index is 0.0400. The van der Waals surface area contributed by atoms with Crippen LogP contribution in [-0.4, -0.2) is 17.5 Å². The summed E-state index contributed by atoms with van der Waals surface area (Å²) in [6.07, 6.45) is 3.73. The smallest absolute Gasteiger partial charge is 0.243 e. The maximum Gasteiger partial charge on any atom is 0.243 e. The van der Waals surface area contributed by atoms with Gasteiger partial charge in [0, 0.05) is 23.4 Å². The topological polar surface area (TPSA) is 70.6 Å². The molecule has 1 fully saturated rings. The van der Waals surface area contributed by atoms with Gasteiger partial charge in [-0.3, -0.25) is 9.59 Å². The normalized spacial score (nSPS) is 30.0. The van der Waals surface area contributed by atoms with E-state index in [0.717, 1.165) is 48.2 Å². The van der Waals surface area contributed by atoms with Crippen molar-refractivity contribution in [1.29, 1.82) is 0 Å². The van der Waals surface area contributed by atoms with Crippen LogP contribution in [0.15, 0.2) is 23.3 Å². The van der Waals surface area contributed by atoms with Gasteiger partial charge in [0.15, 0.2) is 0 Å². The Morgan fingerprint density at radius 3 is 2.68 bits per heavy atom. The van der Waals surface area contributed by atoms with Crippen molar-refractivity contribution < 1.29 is 9.59 Å². The number of hydrogen-bond donors (Lipinski definition) is 2. The number of hydrazone groups is 1. The van der Waals surface area contributed by atoms with E-state index in [1.807, 2.05) is 19.1 Å². The molecule has 2 aliphatic heterocycles. The van der Waals surface area contributed by atoms with Crippen molar-refractivity contribution in [3.8, 4) is 0 Å². The first-order chi connectivity index (χ1) is 10.6. The van der Waals surface area contributed by atoms with Crippen molar-refractivity contribution in [1.82, 2.24) is 5.43 Å². The highest BCUT2D eigenvalue weighted by Crippen LogP contribution is 2.39. The highest BCUT2D eigenvalue weighted by atomic mass is 16.2. The van der Waals surface area contributed by atoms with Crippen LogP contribution in [0.4, 0.5) is 5.69 Å². The summed E-state index contributed by atoms with van der Waals surface area (Å²) in [5.74, 6) is 0.527. The molecule has 2 N–H and O–H groups in total. The second-order valence-electron chi connectivity index (χ2n) is 6.56. The van der Waals surface area contributed by atoms with Crippen LogP contribution in [0.3, 0.4) is 0 Å². The maximum absolute atomic E-state index is 11.9. The van der Waals surface area contributed by atoms with E-state index < -0.39 is 0 Å². The number of hydrogen-bond acceptors (Lipinski definition) is 3. The summed E-state index contributed by atoms with van der Waals surface area (Å²) in [5.41, 5.74) is 6.77. The molecule has 0 aromatic heterocycles. The van der Waals surface area contributed by atoms with E-state index in [1.165, 1.54) is 0 Å². The Kier molecular flexibility index (Phi) is 3.03. The Bertz CT molecular complexity index is 695. The second-order valence-corrected chi connectivity index (χ2v) is 6.56. The van der Waals surface area contributed by atoms with E-state index in [9.17, 15) is 9.59 Å². The fraction of sp³-hybridized carbons (Fsp3) is 0.471. The molecule has 0 spiro atoms. The van der Waals surface area contributed by atoms with Gasteiger partial charge in [-0.1, -0.05) is 13.0 Å². The summed E-state index contributed by atoms with van der Waals surface area (Å²) in [6.45, 7) is 1.96. The molecule has 5 nitrogen and oxygen atoms in total. The first-order valence-electron chi connectivity index (χ1n) is 7.95. The van der Waals surface area contributed by atoms with E-state index in [0.29, 0.717) is 0 Å². The van der Waals surface area contributed by atoms with Gasteiger partial charge in [0.1, 0.15) is 0 Å². The van der Waals surface area contributed by atoms with Crippen LogP contribution >= 0.6 is 0 Å². The molecular formula is C17H19N3O2. The molecule has 1 aliphatic carbocycles. The van der Waals surface area contributed by atoms with Gasteiger partial charge in [-0.2, -0.15) is 5.10 Å². The quantitative estimate of drug-likeness (QED) is 0.833. The number of anilines is 1. The van der Waals surface area contributed by atoms with Crippen molar-refractivity contribution >= 4 is 23.2 Å². The lowest BCUT2D eigenvalue weighted by Crippen LogP contribution is -2.47. The van der Waals surface area contributed by atoms with Gasteiger partial charge in [-0.05, 0) is 48.9 Å². The lowest BCUT2D eigenvalue weighted by molar-refractivity contribution is -0.129. The molecule has 0 saturated heterocycles. The first-order valence-corrected chi connectivity index (χ1v) is 7.95. The van der Waals surface area contributed by atoms with Crippen molar-refractivity contribution in [3.05, 3.63) is 29.3 Å². The highest BCUT2D eigenvalue weighted by molar-refractivity contribution is 6.08. The highest BCUT2D eigenvalue weighted by Gasteiger charge is 2.43. The second kappa shape index (κ2) is 4.93. The van der Waals surface area contributed by atoms with E-state index in [1.54, 1.807) is 0 Å². The summed E-state index contributed by atoms with van der Waals surface area (Å²) in [7, 11) is 0. The number of carbonyl (C=O) groups is 2. The largest absolute Gasteiger partial charge is 0.326 e.